The molecule has 2 aromatic rings. The molecule has 0 saturated carbocycles. The number of amides is 2. The molecule has 8 heteroatoms. The number of hydrogen-bond acceptors (Lipinski definition) is 6. The number of rotatable bonds is 7. The Kier molecular flexibility index (Phi) is 7.53. The Labute approximate surface area is 213 Å². The van der Waals surface area contributed by atoms with Crippen LogP contribution in [0, 0.1) is 25.7 Å². The highest BCUT2D eigenvalue weighted by atomic mass is 16.6. The number of ether oxygens (including phenoxy) is 2. The molecule has 0 spiro atoms. The SMILES string of the molecule is Cc1cccc(C)c1C(=O)N1CC2CN(CCC(NC(=O)OC3CCOC3)c3ccccn3)C[C@H]2C1. The first-order chi connectivity index (χ1) is 17.5. The van der Waals surface area contributed by atoms with Gasteiger partial charge in [0.05, 0.1) is 24.9 Å². The van der Waals surface area contributed by atoms with Crippen LogP contribution in [0.1, 0.15) is 46.1 Å². The van der Waals surface area contributed by atoms with Crippen molar-refractivity contribution in [1.82, 2.24) is 20.1 Å². The van der Waals surface area contributed by atoms with E-state index in [4.69, 9.17) is 9.47 Å². The first kappa shape index (κ1) is 24.7. The summed E-state index contributed by atoms with van der Waals surface area (Å²) in [5.41, 5.74) is 3.79. The van der Waals surface area contributed by atoms with Gasteiger partial charge in [-0.25, -0.2) is 4.79 Å². The third kappa shape index (κ3) is 5.55. The number of pyridine rings is 1. The van der Waals surface area contributed by atoms with Crippen molar-refractivity contribution >= 4 is 12.0 Å². The number of aromatic nitrogens is 1. The number of likely N-dealkylation sites (tertiary alicyclic amines) is 2. The number of hydrogen-bond donors (Lipinski definition) is 1. The van der Waals surface area contributed by atoms with Crippen LogP contribution in [0.15, 0.2) is 42.6 Å². The molecule has 0 aliphatic carbocycles. The van der Waals surface area contributed by atoms with Crippen molar-refractivity contribution in [3.8, 4) is 0 Å². The van der Waals surface area contributed by atoms with Gasteiger partial charge >= 0.3 is 6.09 Å². The van der Waals surface area contributed by atoms with Crippen LogP contribution in [0.5, 0.6) is 0 Å². The summed E-state index contributed by atoms with van der Waals surface area (Å²) in [6, 6.07) is 11.6. The molecule has 3 fully saturated rings. The molecule has 5 rings (SSSR count). The van der Waals surface area contributed by atoms with Crippen molar-refractivity contribution in [2.45, 2.75) is 38.8 Å². The molecule has 3 aliphatic rings. The number of nitrogens with zero attached hydrogens (tertiary/aromatic N) is 3. The Morgan fingerprint density at radius 3 is 2.47 bits per heavy atom. The van der Waals surface area contributed by atoms with E-state index in [1.807, 2.05) is 55.1 Å². The van der Waals surface area contributed by atoms with E-state index in [0.29, 0.717) is 25.0 Å². The highest BCUT2D eigenvalue weighted by molar-refractivity contribution is 5.97. The molecule has 3 unspecified atom stereocenters. The van der Waals surface area contributed by atoms with Gasteiger partial charge in [-0.3, -0.25) is 9.78 Å². The minimum Gasteiger partial charge on any atom is -0.444 e. The molecule has 3 saturated heterocycles. The standard InChI is InChI=1S/C28H36N4O4/c1-19-6-5-7-20(2)26(19)27(33)32-16-21-14-31(15-22(21)17-32)12-9-25(24-8-3-4-11-29-24)30-28(34)36-23-10-13-35-18-23/h3-8,11,21-23,25H,9-10,12-18H2,1-2H3,(H,30,34)/t21-,22?,23?,25?/m0/s1. The topological polar surface area (TPSA) is 84.0 Å². The maximum Gasteiger partial charge on any atom is 0.408 e. The van der Waals surface area contributed by atoms with Crippen LogP contribution in [0.25, 0.3) is 0 Å². The molecule has 3 aliphatic heterocycles. The molecule has 36 heavy (non-hydrogen) atoms. The van der Waals surface area contributed by atoms with E-state index in [1.54, 1.807) is 6.20 Å². The van der Waals surface area contributed by atoms with Crippen LogP contribution in [-0.2, 0) is 9.47 Å². The van der Waals surface area contributed by atoms with Crippen molar-refractivity contribution in [3.05, 3.63) is 65.0 Å². The van der Waals surface area contributed by atoms with Crippen LogP contribution in [-0.4, -0.2) is 78.8 Å². The predicted octanol–water partition coefficient (Wildman–Crippen LogP) is 3.35. The highest BCUT2D eigenvalue weighted by Gasteiger charge is 2.42. The van der Waals surface area contributed by atoms with E-state index >= 15 is 0 Å². The largest absolute Gasteiger partial charge is 0.444 e. The average Bonchev–Trinajstić information content (AvgIpc) is 3.59. The van der Waals surface area contributed by atoms with Crippen LogP contribution >= 0.6 is 0 Å². The quantitative estimate of drug-likeness (QED) is 0.638. The summed E-state index contributed by atoms with van der Waals surface area (Å²) in [5, 5.41) is 3.03. The first-order valence-electron chi connectivity index (χ1n) is 13.0. The van der Waals surface area contributed by atoms with Gasteiger partial charge in [-0.15, -0.1) is 0 Å². The number of fused-ring (bicyclic) bond motifs is 1. The molecule has 0 radical (unpaired) electrons. The van der Waals surface area contributed by atoms with Gasteiger partial charge in [0.25, 0.3) is 5.91 Å². The van der Waals surface area contributed by atoms with Crippen LogP contribution < -0.4 is 5.32 Å². The molecule has 1 aromatic carbocycles. The number of nitrogens with one attached hydrogen (secondary N) is 1. The Hall–Kier alpha value is -2.97. The van der Waals surface area contributed by atoms with Gasteiger partial charge in [-0.05, 0) is 55.4 Å². The van der Waals surface area contributed by atoms with Crippen molar-refractivity contribution in [1.29, 1.82) is 0 Å². The first-order valence-corrected chi connectivity index (χ1v) is 13.0. The second kappa shape index (κ2) is 11.0. The maximum atomic E-state index is 13.2. The number of benzene rings is 1. The Morgan fingerprint density at radius 2 is 1.83 bits per heavy atom. The van der Waals surface area contributed by atoms with E-state index in [1.165, 1.54) is 0 Å². The summed E-state index contributed by atoms with van der Waals surface area (Å²) in [4.78, 5) is 34.8. The normalized spacial score (nSPS) is 24.5. The molecule has 8 nitrogen and oxygen atoms in total. The minimum absolute atomic E-state index is 0.164. The Morgan fingerprint density at radius 1 is 1.08 bits per heavy atom. The molecule has 1 aromatic heterocycles. The van der Waals surface area contributed by atoms with E-state index in [2.05, 4.69) is 15.2 Å². The summed E-state index contributed by atoms with van der Waals surface area (Å²) in [6.07, 6.45) is 2.64. The number of alkyl carbamates (subject to hydrolysis) is 1. The lowest BCUT2D eigenvalue weighted by molar-refractivity contribution is 0.0772. The van der Waals surface area contributed by atoms with Gasteiger partial charge < -0.3 is 24.6 Å². The third-order valence-electron chi connectivity index (χ3n) is 7.78. The zero-order chi connectivity index (χ0) is 25.1. The van der Waals surface area contributed by atoms with Crippen molar-refractivity contribution in [2.24, 2.45) is 11.8 Å². The molecular formula is C28H36N4O4. The van der Waals surface area contributed by atoms with Gasteiger partial charge in [0.2, 0.25) is 0 Å². The second-order valence-corrected chi connectivity index (χ2v) is 10.4. The maximum absolute atomic E-state index is 13.2. The second-order valence-electron chi connectivity index (χ2n) is 10.4. The Bertz CT molecular complexity index is 1040. The predicted molar refractivity (Wildman–Crippen MR) is 136 cm³/mol. The molecule has 192 valence electrons. The van der Waals surface area contributed by atoms with Gasteiger partial charge in [0.1, 0.15) is 6.10 Å². The van der Waals surface area contributed by atoms with Gasteiger partial charge in [-0.1, -0.05) is 24.3 Å². The van der Waals surface area contributed by atoms with Gasteiger partial charge in [0.15, 0.2) is 0 Å². The van der Waals surface area contributed by atoms with Crippen LogP contribution in [0.3, 0.4) is 0 Å². The van der Waals surface area contributed by atoms with E-state index < -0.39 is 6.09 Å². The zero-order valence-electron chi connectivity index (χ0n) is 21.2. The van der Waals surface area contributed by atoms with E-state index in [-0.39, 0.29) is 18.1 Å². The molecule has 1 N–H and O–H groups in total. The summed E-state index contributed by atoms with van der Waals surface area (Å²) in [7, 11) is 0. The monoisotopic (exact) mass is 492 g/mol. The van der Waals surface area contributed by atoms with E-state index in [9.17, 15) is 9.59 Å². The molecule has 4 atom stereocenters. The number of aryl methyl sites for hydroxylation is 2. The van der Waals surface area contributed by atoms with Crippen LogP contribution in [0.2, 0.25) is 0 Å². The number of carbonyl (C=O) groups is 2. The molecule has 4 heterocycles. The smallest absolute Gasteiger partial charge is 0.408 e. The van der Waals surface area contributed by atoms with Crippen molar-refractivity contribution in [3.63, 3.8) is 0 Å². The highest BCUT2D eigenvalue weighted by Crippen LogP contribution is 2.33. The van der Waals surface area contributed by atoms with Crippen LogP contribution in [0.4, 0.5) is 4.79 Å². The van der Waals surface area contributed by atoms with Gasteiger partial charge in [0, 0.05) is 50.9 Å². The van der Waals surface area contributed by atoms with Crippen molar-refractivity contribution < 1.29 is 19.1 Å². The zero-order valence-corrected chi connectivity index (χ0v) is 21.2. The lowest BCUT2D eigenvalue weighted by Crippen LogP contribution is -2.36. The third-order valence-corrected chi connectivity index (χ3v) is 7.78. The lowest BCUT2D eigenvalue weighted by Gasteiger charge is -2.25. The van der Waals surface area contributed by atoms with Gasteiger partial charge in [-0.2, -0.15) is 0 Å². The average molecular weight is 493 g/mol. The summed E-state index contributed by atoms with van der Waals surface area (Å²) >= 11 is 0. The number of carbonyl (C=O) groups excluding carboxylic acids is 2. The summed E-state index contributed by atoms with van der Waals surface area (Å²) < 4.78 is 10.8. The fourth-order valence-corrected chi connectivity index (χ4v) is 5.87. The van der Waals surface area contributed by atoms with Crippen molar-refractivity contribution in [2.75, 3.05) is 45.9 Å². The lowest BCUT2D eigenvalue weighted by atomic mass is 10.0. The Balaban J connectivity index is 1.15. The molecule has 0 bridgehead atoms. The molecule has 2 amide bonds. The minimum atomic E-state index is -0.417. The van der Waals surface area contributed by atoms with E-state index in [0.717, 1.165) is 67.9 Å². The summed E-state index contributed by atoms with van der Waals surface area (Å²) in [5.74, 6) is 1.15. The fraction of sp³-hybridized carbons (Fsp3) is 0.536. The fourth-order valence-electron chi connectivity index (χ4n) is 5.87. The molecular weight excluding hydrogens is 456 g/mol. The summed E-state index contributed by atoms with van der Waals surface area (Å²) in [6.45, 7) is 9.54.